The summed E-state index contributed by atoms with van der Waals surface area (Å²) in [6.45, 7) is 1.09. The molecule has 13 heteroatoms. The molecule has 0 saturated carbocycles. The molecule has 46 heavy (non-hydrogen) atoms. The number of nitrogens with zero attached hydrogens (tertiary/aromatic N) is 2. The number of phosphoric ester groups is 1. The molecule has 3 aromatic carbocycles. The molecule has 0 unspecified atom stereocenters. The number of alkyl halides is 3. The van der Waals surface area contributed by atoms with Crippen LogP contribution in [0.1, 0.15) is 22.4 Å². The number of rotatable bonds is 11. The van der Waals surface area contributed by atoms with Crippen LogP contribution in [0.3, 0.4) is 0 Å². The van der Waals surface area contributed by atoms with Crippen molar-refractivity contribution in [2.24, 2.45) is 0 Å². The lowest BCUT2D eigenvalue weighted by atomic mass is 10.0. The fourth-order valence-electron chi connectivity index (χ4n) is 4.37. The lowest BCUT2D eigenvalue weighted by Crippen LogP contribution is -2.16. The quantitative estimate of drug-likeness (QED) is 0.103. The molecular formula is C33H26ClF4N2O5P. The number of halogens is 5. The Kier molecular flexibility index (Phi) is 10.2. The van der Waals surface area contributed by atoms with Gasteiger partial charge in [0.2, 0.25) is 5.43 Å². The topological polar surface area (TPSA) is 79.7 Å². The third kappa shape index (κ3) is 7.99. The van der Waals surface area contributed by atoms with Crippen LogP contribution in [0.15, 0.2) is 108 Å². The molecule has 0 N–H and O–H groups in total. The minimum Gasteiger partial charge on any atom is -0.325 e. The smallest absolute Gasteiger partial charge is 0.325 e. The van der Waals surface area contributed by atoms with Gasteiger partial charge in [0, 0.05) is 34.8 Å². The first-order chi connectivity index (χ1) is 21.9. The second kappa shape index (κ2) is 14.1. The zero-order valence-electron chi connectivity index (χ0n) is 24.2. The van der Waals surface area contributed by atoms with Gasteiger partial charge in [-0.2, -0.15) is 13.2 Å². The molecule has 0 bridgehead atoms. The van der Waals surface area contributed by atoms with Crippen LogP contribution in [0.25, 0.3) is 22.4 Å². The van der Waals surface area contributed by atoms with Gasteiger partial charge in [0.05, 0.1) is 24.5 Å². The summed E-state index contributed by atoms with van der Waals surface area (Å²) in [5, 5.41) is -0.135. The van der Waals surface area contributed by atoms with E-state index < -0.39 is 30.8 Å². The van der Waals surface area contributed by atoms with E-state index in [2.05, 4.69) is 4.98 Å². The van der Waals surface area contributed by atoms with E-state index in [1.807, 2.05) is 36.4 Å². The van der Waals surface area contributed by atoms with Gasteiger partial charge in [0.15, 0.2) is 0 Å². The number of hydrogen-bond acceptors (Lipinski definition) is 6. The third-order valence-corrected chi connectivity index (χ3v) is 8.71. The molecule has 0 saturated heterocycles. The van der Waals surface area contributed by atoms with Crippen molar-refractivity contribution in [2.45, 2.75) is 33.0 Å². The van der Waals surface area contributed by atoms with Gasteiger partial charge in [0.1, 0.15) is 17.6 Å². The second-order valence-corrected chi connectivity index (χ2v) is 12.1. The summed E-state index contributed by atoms with van der Waals surface area (Å²) in [6.07, 6.45) is -1.99. The van der Waals surface area contributed by atoms with Crippen LogP contribution in [-0.2, 0) is 44.3 Å². The van der Waals surface area contributed by atoms with E-state index in [1.54, 1.807) is 31.2 Å². The maximum atomic E-state index is 14.5. The second-order valence-electron chi connectivity index (χ2n) is 10.1. The Hall–Kier alpha value is -4.12. The third-order valence-electron chi connectivity index (χ3n) is 6.94. The summed E-state index contributed by atoms with van der Waals surface area (Å²) in [6, 6.07) is 23.1. The van der Waals surface area contributed by atoms with Crippen molar-refractivity contribution in [3.05, 3.63) is 147 Å². The van der Waals surface area contributed by atoms with Crippen molar-refractivity contribution in [3.63, 3.8) is 0 Å². The normalized spacial score (nSPS) is 12.0. The molecule has 0 aliphatic rings. The summed E-state index contributed by atoms with van der Waals surface area (Å²) < 4.78 is 85.6. The number of hydrogen-bond donors (Lipinski definition) is 0. The summed E-state index contributed by atoms with van der Waals surface area (Å²) in [4.78, 5) is 17.3. The Balaban J connectivity index is 1.39. The number of pyridine rings is 2. The van der Waals surface area contributed by atoms with E-state index >= 15 is 0 Å². The lowest BCUT2D eigenvalue weighted by Gasteiger charge is -2.21. The Morgan fingerprint density at radius 1 is 0.848 bits per heavy atom. The minimum atomic E-state index is -4.69. The number of aromatic nitrogens is 2. The largest absolute Gasteiger partial charge is 0.477 e. The molecule has 0 amide bonds. The van der Waals surface area contributed by atoms with E-state index in [0.29, 0.717) is 17.3 Å². The Morgan fingerprint density at radius 2 is 1.46 bits per heavy atom. The van der Waals surface area contributed by atoms with Gasteiger partial charge in [-0.25, -0.2) is 8.96 Å². The first-order valence-electron chi connectivity index (χ1n) is 13.8. The highest BCUT2D eigenvalue weighted by Crippen LogP contribution is 2.51. The maximum absolute atomic E-state index is 14.5. The Labute approximate surface area is 266 Å². The van der Waals surface area contributed by atoms with Crippen LogP contribution in [0, 0.1) is 12.7 Å². The van der Waals surface area contributed by atoms with Gasteiger partial charge in [-0.1, -0.05) is 78.3 Å². The van der Waals surface area contributed by atoms with Gasteiger partial charge in [-0.05, 0) is 42.3 Å². The monoisotopic (exact) mass is 672 g/mol. The average Bonchev–Trinajstić information content (AvgIpc) is 3.06. The molecule has 2 heterocycles. The molecule has 0 fully saturated rings. The van der Waals surface area contributed by atoms with Crippen molar-refractivity contribution in [3.8, 4) is 22.4 Å². The summed E-state index contributed by atoms with van der Waals surface area (Å²) in [5.41, 5.74) is 0.440. The molecule has 0 aliphatic carbocycles. The summed E-state index contributed by atoms with van der Waals surface area (Å²) in [5.74, 6) is -1.10. The van der Waals surface area contributed by atoms with Gasteiger partial charge >= 0.3 is 14.0 Å². The van der Waals surface area contributed by atoms with Crippen molar-refractivity contribution < 1.29 is 35.7 Å². The SMILES string of the molecule is Cc1c(Cl)c(=O)c(-c2ccc(-c3ccc(C(F)(F)F)cc3F)nc2)cn1COP(=O)(OCc1ccccc1)OCc1ccccc1. The molecule has 0 aliphatic heterocycles. The highest BCUT2D eigenvalue weighted by atomic mass is 35.5. The zero-order chi connectivity index (χ0) is 32.9. The van der Waals surface area contributed by atoms with E-state index in [1.165, 1.54) is 29.1 Å². The predicted octanol–water partition coefficient (Wildman–Crippen LogP) is 9.21. The Morgan fingerprint density at radius 3 is 1.98 bits per heavy atom. The van der Waals surface area contributed by atoms with Gasteiger partial charge < -0.3 is 4.57 Å². The first-order valence-corrected chi connectivity index (χ1v) is 15.6. The molecule has 5 rings (SSSR count). The van der Waals surface area contributed by atoms with Crippen LogP contribution in [0.5, 0.6) is 0 Å². The van der Waals surface area contributed by atoms with E-state index in [9.17, 15) is 26.9 Å². The van der Waals surface area contributed by atoms with Crippen LogP contribution in [-0.4, -0.2) is 9.55 Å². The first kappa shape index (κ1) is 33.2. The van der Waals surface area contributed by atoms with Gasteiger partial charge in [-0.15, -0.1) is 0 Å². The highest BCUT2D eigenvalue weighted by molar-refractivity contribution is 7.48. The standard InChI is InChI=1S/C33H26ClF4N2O5P/c1-22-31(34)32(41)28(25-12-15-30(39-17-25)27-14-13-26(16-29(27)35)33(36,37)38)18-40(22)21-45-46(42,43-19-23-8-4-2-5-9-23)44-20-24-10-6-3-7-11-24/h2-18H,19-21H2,1H3. The van der Waals surface area contributed by atoms with Crippen LogP contribution in [0.2, 0.25) is 5.02 Å². The van der Waals surface area contributed by atoms with Crippen molar-refractivity contribution in [1.29, 1.82) is 0 Å². The molecule has 0 atom stereocenters. The number of benzene rings is 3. The van der Waals surface area contributed by atoms with E-state index in [-0.39, 0.29) is 41.8 Å². The highest BCUT2D eigenvalue weighted by Gasteiger charge is 2.31. The summed E-state index contributed by atoms with van der Waals surface area (Å²) in [7, 11) is -4.17. The average molecular weight is 673 g/mol. The summed E-state index contributed by atoms with van der Waals surface area (Å²) >= 11 is 6.39. The molecule has 7 nitrogen and oxygen atoms in total. The minimum absolute atomic E-state index is 0.0559. The van der Waals surface area contributed by atoms with Crippen LogP contribution < -0.4 is 5.43 Å². The molecule has 5 aromatic rings. The number of phosphoric acid groups is 1. The van der Waals surface area contributed by atoms with E-state index in [0.717, 1.165) is 23.3 Å². The molecule has 0 spiro atoms. The predicted molar refractivity (Wildman–Crippen MR) is 165 cm³/mol. The lowest BCUT2D eigenvalue weighted by molar-refractivity contribution is -0.137. The van der Waals surface area contributed by atoms with E-state index in [4.69, 9.17) is 25.2 Å². The van der Waals surface area contributed by atoms with Gasteiger partial charge in [0.25, 0.3) is 0 Å². The fraction of sp³-hybridized carbons (Fsp3) is 0.152. The molecular weight excluding hydrogens is 647 g/mol. The van der Waals surface area contributed by atoms with Crippen molar-refractivity contribution in [2.75, 3.05) is 0 Å². The Bertz CT molecular complexity index is 1870. The van der Waals surface area contributed by atoms with Crippen LogP contribution in [0.4, 0.5) is 17.6 Å². The fourth-order valence-corrected chi connectivity index (χ4v) is 5.69. The molecule has 238 valence electrons. The zero-order valence-corrected chi connectivity index (χ0v) is 25.9. The van der Waals surface area contributed by atoms with Crippen molar-refractivity contribution in [1.82, 2.24) is 9.55 Å². The van der Waals surface area contributed by atoms with Gasteiger partial charge in [-0.3, -0.25) is 23.3 Å². The maximum Gasteiger partial charge on any atom is 0.477 e. The molecule has 2 aromatic heterocycles. The van der Waals surface area contributed by atoms with Crippen molar-refractivity contribution >= 4 is 19.4 Å². The van der Waals surface area contributed by atoms with Crippen LogP contribution >= 0.6 is 19.4 Å². The molecule has 0 radical (unpaired) electrons.